The lowest BCUT2D eigenvalue weighted by molar-refractivity contribution is -0.121. The van der Waals surface area contributed by atoms with Gasteiger partial charge in [-0.2, -0.15) is 0 Å². The van der Waals surface area contributed by atoms with E-state index >= 15 is 0 Å². The van der Waals surface area contributed by atoms with Gasteiger partial charge in [0.2, 0.25) is 15.9 Å². The Morgan fingerprint density at radius 1 is 1.04 bits per heavy atom. The molecule has 1 heterocycles. The van der Waals surface area contributed by atoms with E-state index in [0.717, 1.165) is 22.6 Å². The van der Waals surface area contributed by atoms with Crippen LogP contribution >= 0.6 is 0 Å². The van der Waals surface area contributed by atoms with Crippen molar-refractivity contribution < 1.29 is 17.6 Å². The Bertz CT molecular complexity index is 1040. The normalized spacial score (nSPS) is 12.5. The van der Waals surface area contributed by atoms with Gasteiger partial charge in [-0.25, -0.2) is 13.6 Å². The molecule has 7 heteroatoms. The molecule has 0 radical (unpaired) electrons. The van der Waals surface area contributed by atoms with Crippen LogP contribution in [0.5, 0.6) is 0 Å². The third-order valence-corrected chi connectivity index (χ3v) is 5.33. The molecule has 1 amide bonds. The molecule has 146 valence electrons. The highest BCUT2D eigenvalue weighted by Crippen LogP contribution is 2.22. The van der Waals surface area contributed by atoms with Crippen molar-refractivity contribution in [2.45, 2.75) is 30.7 Å². The van der Waals surface area contributed by atoms with E-state index in [9.17, 15) is 13.2 Å². The number of nitrogens with two attached hydrogens (primary N) is 1. The summed E-state index contributed by atoms with van der Waals surface area (Å²) in [6, 6.07) is 19.5. The summed E-state index contributed by atoms with van der Waals surface area (Å²) >= 11 is 0. The minimum Gasteiger partial charge on any atom is -0.461 e. The Morgan fingerprint density at radius 2 is 1.71 bits per heavy atom. The highest BCUT2D eigenvalue weighted by molar-refractivity contribution is 7.89. The SMILES string of the molecule is C[C@H](NC(=O)CCc1ccc(-c2ccccc2)o1)c1ccc(S(N)(=O)=O)cc1. The fourth-order valence-electron chi connectivity index (χ4n) is 2.85. The summed E-state index contributed by atoms with van der Waals surface area (Å²) in [5.74, 6) is 1.42. The Balaban J connectivity index is 1.54. The molecule has 0 fully saturated rings. The second kappa shape index (κ2) is 8.41. The Hall–Kier alpha value is -2.90. The molecular weight excluding hydrogens is 376 g/mol. The van der Waals surface area contributed by atoms with Crippen LogP contribution in [-0.4, -0.2) is 14.3 Å². The van der Waals surface area contributed by atoms with Crippen LogP contribution in [0.1, 0.15) is 30.7 Å². The van der Waals surface area contributed by atoms with E-state index < -0.39 is 10.0 Å². The zero-order valence-corrected chi connectivity index (χ0v) is 16.3. The topological polar surface area (TPSA) is 102 Å². The second-order valence-corrected chi connectivity index (χ2v) is 8.10. The number of hydrogen-bond acceptors (Lipinski definition) is 4. The number of hydrogen-bond donors (Lipinski definition) is 2. The molecule has 0 aliphatic carbocycles. The van der Waals surface area contributed by atoms with E-state index in [0.29, 0.717) is 12.8 Å². The van der Waals surface area contributed by atoms with Crippen molar-refractivity contribution in [3.05, 3.63) is 78.1 Å². The number of primary sulfonamides is 1. The highest BCUT2D eigenvalue weighted by Gasteiger charge is 2.13. The summed E-state index contributed by atoms with van der Waals surface area (Å²) < 4.78 is 28.4. The standard InChI is InChI=1S/C21H22N2O4S/c1-15(16-7-11-19(12-8-16)28(22,25)26)23-21(24)14-10-18-9-13-20(27-18)17-5-3-2-4-6-17/h2-9,11-13,15H,10,14H2,1H3,(H,23,24)(H2,22,25,26)/t15-/m0/s1. The molecule has 3 aromatic rings. The average Bonchev–Trinajstić information content (AvgIpc) is 3.15. The second-order valence-electron chi connectivity index (χ2n) is 6.54. The van der Waals surface area contributed by atoms with Gasteiger partial charge < -0.3 is 9.73 Å². The quantitative estimate of drug-likeness (QED) is 0.637. The maximum atomic E-state index is 12.2. The Labute approximate surface area is 164 Å². The first-order valence-corrected chi connectivity index (χ1v) is 10.4. The molecule has 0 bridgehead atoms. The van der Waals surface area contributed by atoms with Crippen LogP contribution < -0.4 is 10.5 Å². The number of benzene rings is 2. The number of furan rings is 1. The van der Waals surface area contributed by atoms with Crippen molar-refractivity contribution in [2.24, 2.45) is 5.14 Å². The molecule has 1 atom stereocenters. The lowest BCUT2D eigenvalue weighted by atomic mass is 10.1. The molecule has 0 aliphatic rings. The van der Waals surface area contributed by atoms with Crippen LogP contribution in [0.4, 0.5) is 0 Å². The highest BCUT2D eigenvalue weighted by atomic mass is 32.2. The molecule has 0 saturated carbocycles. The van der Waals surface area contributed by atoms with Gasteiger partial charge in [0.25, 0.3) is 0 Å². The smallest absolute Gasteiger partial charge is 0.238 e. The maximum absolute atomic E-state index is 12.2. The van der Waals surface area contributed by atoms with Crippen molar-refractivity contribution >= 4 is 15.9 Å². The molecule has 28 heavy (non-hydrogen) atoms. The number of nitrogens with one attached hydrogen (secondary N) is 1. The fraction of sp³-hybridized carbons (Fsp3) is 0.190. The zero-order chi connectivity index (χ0) is 20.1. The van der Waals surface area contributed by atoms with Gasteiger partial charge in [-0.15, -0.1) is 0 Å². The number of aryl methyl sites for hydroxylation is 1. The van der Waals surface area contributed by atoms with Crippen molar-refractivity contribution in [3.63, 3.8) is 0 Å². The molecule has 0 aliphatic heterocycles. The lowest BCUT2D eigenvalue weighted by Crippen LogP contribution is -2.26. The van der Waals surface area contributed by atoms with Crippen LogP contribution in [0.15, 0.2) is 76.0 Å². The molecule has 3 N–H and O–H groups in total. The molecule has 0 spiro atoms. The number of sulfonamides is 1. The van der Waals surface area contributed by atoms with Gasteiger partial charge in [0.1, 0.15) is 11.5 Å². The summed E-state index contributed by atoms with van der Waals surface area (Å²) in [5.41, 5.74) is 1.79. The van der Waals surface area contributed by atoms with Crippen LogP contribution in [0.3, 0.4) is 0 Å². The van der Waals surface area contributed by atoms with Crippen molar-refractivity contribution in [1.29, 1.82) is 0 Å². The van der Waals surface area contributed by atoms with Crippen LogP contribution in [-0.2, 0) is 21.2 Å². The van der Waals surface area contributed by atoms with Gasteiger partial charge in [-0.3, -0.25) is 4.79 Å². The summed E-state index contributed by atoms with van der Waals surface area (Å²) in [6.07, 6.45) is 0.789. The minimum atomic E-state index is -3.72. The summed E-state index contributed by atoms with van der Waals surface area (Å²) in [6.45, 7) is 1.84. The summed E-state index contributed by atoms with van der Waals surface area (Å²) in [7, 11) is -3.72. The first-order valence-electron chi connectivity index (χ1n) is 8.89. The molecule has 2 aromatic carbocycles. The van der Waals surface area contributed by atoms with Crippen LogP contribution in [0.25, 0.3) is 11.3 Å². The molecule has 1 aromatic heterocycles. The molecule has 0 saturated heterocycles. The van der Waals surface area contributed by atoms with Crippen LogP contribution in [0.2, 0.25) is 0 Å². The third-order valence-electron chi connectivity index (χ3n) is 4.40. The van der Waals surface area contributed by atoms with Crippen molar-refractivity contribution in [1.82, 2.24) is 5.32 Å². The molecular formula is C21H22N2O4S. The average molecular weight is 398 g/mol. The number of rotatable bonds is 7. The van der Waals surface area contributed by atoms with Gasteiger partial charge in [-0.1, -0.05) is 42.5 Å². The molecule has 0 unspecified atom stereocenters. The van der Waals surface area contributed by atoms with Crippen LogP contribution in [0, 0.1) is 0 Å². The zero-order valence-electron chi connectivity index (χ0n) is 15.5. The van der Waals surface area contributed by atoms with E-state index in [1.807, 2.05) is 49.4 Å². The van der Waals surface area contributed by atoms with E-state index in [4.69, 9.17) is 9.56 Å². The fourth-order valence-corrected chi connectivity index (χ4v) is 3.37. The van der Waals surface area contributed by atoms with Crippen molar-refractivity contribution in [2.75, 3.05) is 0 Å². The van der Waals surface area contributed by atoms with E-state index in [-0.39, 0.29) is 16.8 Å². The van der Waals surface area contributed by atoms with E-state index in [1.165, 1.54) is 12.1 Å². The third kappa shape index (κ3) is 5.09. The monoisotopic (exact) mass is 398 g/mol. The first-order chi connectivity index (χ1) is 13.3. The van der Waals surface area contributed by atoms with E-state index in [1.54, 1.807) is 12.1 Å². The number of carbonyl (C=O) groups is 1. The Kier molecular flexibility index (Phi) is 5.96. The van der Waals surface area contributed by atoms with Gasteiger partial charge in [0.05, 0.1) is 10.9 Å². The lowest BCUT2D eigenvalue weighted by Gasteiger charge is -2.14. The van der Waals surface area contributed by atoms with Crippen molar-refractivity contribution in [3.8, 4) is 11.3 Å². The summed E-state index contributed by atoms with van der Waals surface area (Å²) in [5, 5.41) is 7.99. The number of carbonyl (C=O) groups excluding carboxylic acids is 1. The largest absolute Gasteiger partial charge is 0.461 e. The molecule has 6 nitrogen and oxygen atoms in total. The minimum absolute atomic E-state index is 0.0433. The van der Waals surface area contributed by atoms with E-state index in [2.05, 4.69) is 5.32 Å². The summed E-state index contributed by atoms with van der Waals surface area (Å²) in [4.78, 5) is 12.3. The van der Waals surface area contributed by atoms with Gasteiger partial charge in [-0.05, 0) is 36.8 Å². The number of amides is 1. The predicted octanol–water partition coefficient (Wildman–Crippen LogP) is 3.40. The molecule has 3 rings (SSSR count). The van der Waals surface area contributed by atoms with Gasteiger partial charge in [0.15, 0.2) is 0 Å². The maximum Gasteiger partial charge on any atom is 0.238 e. The predicted molar refractivity (Wildman–Crippen MR) is 107 cm³/mol. The first kappa shape index (κ1) is 19.9. The van der Waals surface area contributed by atoms with Gasteiger partial charge in [0, 0.05) is 18.4 Å². The Morgan fingerprint density at radius 3 is 2.36 bits per heavy atom. The van der Waals surface area contributed by atoms with Gasteiger partial charge >= 0.3 is 0 Å².